The Balaban J connectivity index is 1.52. The minimum atomic E-state index is -0.381. The molecule has 0 aliphatic heterocycles. The maximum Gasteiger partial charge on any atom is 0.333 e. The van der Waals surface area contributed by atoms with Crippen LogP contribution in [0.1, 0.15) is 45.4 Å². The highest BCUT2D eigenvalue weighted by atomic mass is 16.2. The second-order valence-electron chi connectivity index (χ2n) is 6.76. The third kappa shape index (κ3) is 2.69. The Morgan fingerprint density at radius 2 is 1.45 bits per heavy atom. The summed E-state index contributed by atoms with van der Waals surface area (Å²) in [6, 6.07) is -0.675. The summed E-state index contributed by atoms with van der Waals surface area (Å²) in [7, 11) is 0. The minimum Gasteiger partial charge on any atom is -0.337 e. The third-order valence-electron chi connectivity index (χ3n) is 5.04. The van der Waals surface area contributed by atoms with E-state index in [9.17, 15) is 9.59 Å². The molecule has 0 aromatic heterocycles. The standard InChI is InChI=1S/C14H24N4O2/c1-2-15-12(19)17-18-13(20)16-14-6-9-3-10(7-14)5-11(4-9)8-14/h9-11H,2-8H2,1H3,(H2,15,17,19)(H2,16,18,20). The average molecular weight is 280 g/mol. The van der Waals surface area contributed by atoms with Gasteiger partial charge in [0, 0.05) is 12.1 Å². The van der Waals surface area contributed by atoms with Crippen LogP contribution in [0.25, 0.3) is 0 Å². The van der Waals surface area contributed by atoms with Crippen molar-refractivity contribution in [3.05, 3.63) is 0 Å². The summed E-state index contributed by atoms with van der Waals surface area (Å²) < 4.78 is 0. The van der Waals surface area contributed by atoms with Gasteiger partial charge in [0.25, 0.3) is 0 Å². The van der Waals surface area contributed by atoms with Crippen LogP contribution in [-0.4, -0.2) is 24.1 Å². The van der Waals surface area contributed by atoms with E-state index in [-0.39, 0.29) is 17.6 Å². The molecule has 4 N–H and O–H groups in total. The number of carbonyl (C=O) groups excluding carboxylic acids is 2. The maximum absolute atomic E-state index is 12.0. The highest BCUT2D eigenvalue weighted by Gasteiger charge is 2.51. The van der Waals surface area contributed by atoms with Crippen molar-refractivity contribution in [2.75, 3.05) is 6.54 Å². The van der Waals surface area contributed by atoms with Crippen molar-refractivity contribution in [1.82, 2.24) is 21.5 Å². The van der Waals surface area contributed by atoms with E-state index in [0.29, 0.717) is 6.54 Å². The van der Waals surface area contributed by atoms with E-state index in [1.54, 1.807) is 0 Å². The molecule has 4 amide bonds. The molecule has 112 valence electrons. The van der Waals surface area contributed by atoms with Crippen LogP contribution in [0.3, 0.4) is 0 Å². The Kier molecular flexibility index (Phi) is 3.48. The van der Waals surface area contributed by atoms with Crippen molar-refractivity contribution in [1.29, 1.82) is 0 Å². The molecule has 0 heterocycles. The lowest BCUT2D eigenvalue weighted by Gasteiger charge is -2.56. The molecule has 6 heteroatoms. The first-order valence-electron chi connectivity index (χ1n) is 7.70. The molecule has 20 heavy (non-hydrogen) atoms. The SMILES string of the molecule is CCNC(=O)NNC(=O)NC12CC3CC(CC(C3)C1)C2. The van der Waals surface area contributed by atoms with E-state index < -0.39 is 0 Å². The molecule has 4 rings (SSSR count). The fraction of sp³-hybridized carbons (Fsp3) is 0.857. The van der Waals surface area contributed by atoms with Gasteiger partial charge in [-0.3, -0.25) is 0 Å². The molecule has 4 saturated carbocycles. The molecule has 0 aromatic carbocycles. The molecule has 6 nitrogen and oxygen atoms in total. The van der Waals surface area contributed by atoms with E-state index in [1.165, 1.54) is 19.3 Å². The van der Waals surface area contributed by atoms with E-state index >= 15 is 0 Å². The van der Waals surface area contributed by atoms with Gasteiger partial charge in [-0.1, -0.05) is 0 Å². The second-order valence-corrected chi connectivity index (χ2v) is 6.76. The summed E-state index contributed by atoms with van der Waals surface area (Å²) in [4.78, 5) is 23.2. The lowest BCUT2D eigenvalue weighted by Crippen LogP contribution is -2.63. The fourth-order valence-corrected chi connectivity index (χ4v) is 4.85. The molecule has 4 aliphatic carbocycles. The Bertz CT molecular complexity index is 375. The van der Waals surface area contributed by atoms with Gasteiger partial charge in [0.15, 0.2) is 0 Å². The highest BCUT2D eigenvalue weighted by molar-refractivity contribution is 5.80. The number of nitrogens with one attached hydrogen (secondary N) is 4. The number of amides is 4. The zero-order valence-corrected chi connectivity index (χ0v) is 12.0. The number of hydrogen-bond donors (Lipinski definition) is 4. The normalized spacial score (nSPS) is 37.4. The average Bonchev–Trinajstić information content (AvgIpc) is 2.34. The predicted octanol–water partition coefficient (Wildman–Crippen LogP) is 1.49. The largest absolute Gasteiger partial charge is 0.337 e. The van der Waals surface area contributed by atoms with Crippen LogP contribution < -0.4 is 21.5 Å². The number of carbonyl (C=O) groups is 2. The molecular weight excluding hydrogens is 256 g/mol. The van der Waals surface area contributed by atoms with Gasteiger partial charge in [0.1, 0.15) is 0 Å². The summed E-state index contributed by atoms with van der Waals surface area (Å²) >= 11 is 0. The second kappa shape index (κ2) is 5.14. The smallest absolute Gasteiger partial charge is 0.333 e. The van der Waals surface area contributed by atoms with Crippen molar-refractivity contribution in [3.63, 3.8) is 0 Å². The van der Waals surface area contributed by atoms with E-state index in [0.717, 1.165) is 37.0 Å². The van der Waals surface area contributed by atoms with Gasteiger partial charge in [-0.25, -0.2) is 20.4 Å². The molecule has 0 aromatic rings. The molecule has 0 atom stereocenters. The van der Waals surface area contributed by atoms with Crippen LogP contribution in [0, 0.1) is 17.8 Å². The van der Waals surface area contributed by atoms with E-state index in [1.807, 2.05) is 6.92 Å². The van der Waals surface area contributed by atoms with Gasteiger partial charge in [-0.05, 0) is 63.2 Å². The highest BCUT2D eigenvalue weighted by Crippen LogP contribution is 2.55. The minimum absolute atomic E-state index is 0.0260. The monoisotopic (exact) mass is 280 g/mol. The van der Waals surface area contributed by atoms with Gasteiger partial charge >= 0.3 is 12.1 Å². The third-order valence-corrected chi connectivity index (χ3v) is 5.04. The van der Waals surface area contributed by atoms with Crippen LogP contribution >= 0.6 is 0 Å². The van der Waals surface area contributed by atoms with Crippen molar-refractivity contribution in [3.8, 4) is 0 Å². The lowest BCUT2D eigenvalue weighted by molar-refractivity contribution is -0.0136. The first kappa shape index (κ1) is 13.5. The summed E-state index contributed by atoms with van der Waals surface area (Å²) in [5.41, 5.74) is 4.76. The molecular formula is C14H24N4O2. The van der Waals surface area contributed by atoms with Crippen molar-refractivity contribution in [2.24, 2.45) is 17.8 Å². The number of rotatable bonds is 2. The van der Waals surface area contributed by atoms with E-state index in [2.05, 4.69) is 21.5 Å². The van der Waals surface area contributed by atoms with E-state index in [4.69, 9.17) is 0 Å². The molecule has 4 aliphatic rings. The van der Waals surface area contributed by atoms with Crippen LogP contribution in [0.15, 0.2) is 0 Å². The van der Waals surface area contributed by atoms with Crippen LogP contribution in [0.2, 0.25) is 0 Å². The van der Waals surface area contributed by atoms with Crippen LogP contribution in [0.4, 0.5) is 9.59 Å². The maximum atomic E-state index is 12.0. The molecule has 0 radical (unpaired) electrons. The van der Waals surface area contributed by atoms with Gasteiger partial charge < -0.3 is 10.6 Å². The first-order valence-corrected chi connectivity index (χ1v) is 7.70. The molecule has 4 bridgehead atoms. The quantitative estimate of drug-likeness (QED) is 0.578. The van der Waals surface area contributed by atoms with Crippen LogP contribution in [-0.2, 0) is 0 Å². The topological polar surface area (TPSA) is 82.3 Å². The summed E-state index contributed by atoms with van der Waals surface area (Å²) in [6.07, 6.45) is 7.36. The summed E-state index contributed by atoms with van der Waals surface area (Å²) in [5.74, 6) is 2.37. The zero-order valence-electron chi connectivity index (χ0n) is 12.0. The zero-order chi connectivity index (χ0) is 14.2. The van der Waals surface area contributed by atoms with Gasteiger partial charge in [0.05, 0.1) is 0 Å². The molecule has 0 spiro atoms. The fourth-order valence-electron chi connectivity index (χ4n) is 4.85. The Morgan fingerprint density at radius 1 is 0.950 bits per heavy atom. The number of hydrogen-bond acceptors (Lipinski definition) is 2. The summed E-state index contributed by atoms with van der Waals surface area (Å²) in [5, 5.41) is 5.70. The predicted molar refractivity (Wildman–Crippen MR) is 74.8 cm³/mol. The Hall–Kier alpha value is -1.46. The Labute approximate surface area is 119 Å². The first-order chi connectivity index (χ1) is 9.58. The number of urea groups is 2. The van der Waals surface area contributed by atoms with Crippen molar-refractivity contribution < 1.29 is 9.59 Å². The van der Waals surface area contributed by atoms with Crippen molar-refractivity contribution in [2.45, 2.75) is 51.0 Å². The molecule has 4 fully saturated rings. The van der Waals surface area contributed by atoms with Gasteiger partial charge in [-0.2, -0.15) is 0 Å². The summed E-state index contributed by atoms with van der Waals surface area (Å²) in [6.45, 7) is 2.36. The van der Waals surface area contributed by atoms with Crippen molar-refractivity contribution >= 4 is 12.1 Å². The van der Waals surface area contributed by atoms with Gasteiger partial charge in [-0.15, -0.1) is 0 Å². The number of hydrazine groups is 1. The van der Waals surface area contributed by atoms with Crippen LogP contribution in [0.5, 0.6) is 0 Å². The Morgan fingerprint density at radius 3 is 1.95 bits per heavy atom. The lowest BCUT2D eigenvalue weighted by atomic mass is 9.53. The molecule has 0 saturated heterocycles. The molecule has 0 unspecified atom stereocenters. The van der Waals surface area contributed by atoms with Gasteiger partial charge in [0.2, 0.25) is 0 Å².